The summed E-state index contributed by atoms with van der Waals surface area (Å²) < 4.78 is 17.7. The first-order chi connectivity index (χ1) is 24.3. The van der Waals surface area contributed by atoms with Crippen molar-refractivity contribution in [2.45, 2.75) is 96.1 Å². The molecule has 14 nitrogen and oxygen atoms in total. The average molecular weight is 705 g/mol. The van der Waals surface area contributed by atoms with Crippen LogP contribution in [0.4, 0.5) is 10.6 Å². The zero-order valence-electron chi connectivity index (χ0n) is 29.7. The number of carboxylic acid groups (broad SMARTS) is 1. The highest BCUT2D eigenvalue weighted by Crippen LogP contribution is 2.52. The van der Waals surface area contributed by atoms with E-state index in [9.17, 15) is 24.3 Å². The maximum atomic E-state index is 14.5. The van der Waals surface area contributed by atoms with Crippen LogP contribution >= 0.6 is 0 Å². The van der Waals surface area contributed by atoms with Gasteiger partial charge in [-0.3, -0.25) is 9.59 Å². The van der Waals surface area contributed by atoms with Gasteiger partial charge in [-0.2, -0.15) is 0 Å². The molecule has 14 heteroatoms. The number of rotatable bonds is 13. The highest BCUT2D eigenvalue weighted by atomic mass is 16.6. The predicted molar refractivity (Wildman–Crippen MR) is 189 cm³/mol. The molecule has 2 aromatic rings. The van der Waals surface area contributed by atoms with Gasteiger partial charge in [0.05, 0.1) is 19.2 Å². The minimum Gasteiger partial charge on any atom is -0.497 e. The van der Waals surface area contributed by atoms with E-state index in [1.807, 2.05) is 33.8 Å². The fraction of sp³-hybridized carbons (Fsp3) is 0.568. The molecule has 3 aliphatic carbocycles. The Morgan fingerprint density at radius 3 is 2.49 bits per heavy atom. The van der Waals surface area contributed by atoms with Crippen LogP contribution in [-0.2, 0) is 19.1 Å². The molecule has 1 aromatic heterocycles. The molecule has 0 radical (unpaired) electrons. The summed E-state index contributed by atoms with van der Waals surface area (Å²) in [4.78, 5) is 60.0. The fourth-order valence-electron chi connectivity index (χ4n) is 7.68. The molecule has 1 aromatic carbocycles. The van der Waals surface area contributed by atoms with Gasteiger partial charge in [0.1, 0.15) is 47.1 Å². The van der Waals surface area contributed by atoms with Gasteiger partial charge in [0.15, 0.2) is 0 Å². The molecule has 5 N–H and O–H groups in total. The van der Waals surface area contributed by atoms with Crippen molar-refractivity contribution < 1.29 is 38.5 Å². The second kappa shape index (κ2) is 14.0. The summed E-state index contributed by atoms with van der Waals surface area (Å²) in [6.45, 7) is 7.36. The number of carbonyl (C=O) groups is 4. The molecule has 6 rings (SSSR count). The Kier molecular flexibility index (Phi) is 9.88. The number of aromatic nitrogens is 1. The molecule has 1 saturated heterocycles. The number of fused-ring (bicyclic) bond motifs is 2. The lowest BCUT2D eigenvalue weighted by Crippen LogP contribution is -2.59. The molecule has 274 valence electrons. The van der Waals surface area contributed by atoms with Gasteiger partial charge >= 0.3 is 12.1 Å². The van der Waals surface area contributed by atoms with Crippen molar-refractivity contribution in [3.05, 3.63) is 36.5 Å². The number of nitrogens with one attached hydrogen (secondary N) is 4. The third-order valence-electron chi connectivity index (χ3n) is 10.7. The van der Waals surface area contributed by atoms with E-state index in [1.54, 1.807) is 31.5 Å². The van der Waals surface area contributed by atoms with Crippen molar-refractivity contribution in [3.8, 4) is 11.5 Å². The first-order valence-corrected chi connectivity index (χ1v) is 17.7. The van der Waals surface area contributed by atoms with Gasteiger partial charge in [-0.25, -0.2) is 14.6 Å². The van der Waals surface area contributed by atoms with E-state index in [0.29, 0.717) is 52.9 Å². The predicted octanol–water partition coefficient (Wildman–Crippen LogP) is 4.48. The topological polar surface area (TPSA) is 192 Å². The zero-order chi connectivity index (χ0) is 36.7. The number of carbonyl (C=O) groups excluding carboxylic acids is 3. The molecule has 3 saturated carbocycles. The van der Waals surface area contributed by atoms with Crippen molar-refractivity contribution in [2.75, 3.05) is 19.0 Å². The number of amides is 3. The first-order valence-electron chi connectivity index (χ1n) is 17.7. The number of carboxylic acids is 1. The molecule has 1 unspecified atom stereocenters. The molecule has 3 amide bonds. The van der Waals surface area contributed by atoms with E-state index in [2.05, 4.69) is 20.9 Å². The van der Waals surface area contributed by atoms with Crippen LogP contribution < -0.4 is 25.4 Å². The lowest BCUT2D eigenvalue weighted by atomic mass is 9.85. The van der Waals surface area contributed by atoms with Crippen molar-refractivity contribution in [1.29, 1.82) is 5.41 Å². The summed E-state index contributed by atoms with van der Waals surface area (Å²) in [5.41, 5.74) is -1.58. The number of hydrogen-bond donors (Lipinski definition) is 5. The van der Waals surface area contributed by atoms with Gasteiger partial charge in [0.25, 0.3) is 0 Å². The quantitative estimate of drug-likeness (QED) is 0.186. The van der Waals surface area contributed by atoms with Gasteiger partial charge in [-0.1, -0.05) is 34.1 Å². The van der Waals surface area contributed by atoms with Crippen molar-refractivity contribution >= 4 is 46.8 Å². The van der Waals surface area contributed by atoms with Crippen LogP contribution in [0.1, 0.15) is 66.2 Å². The normalized spacial score (nSPS) is 28.5. The van der Waals surface area contributed by atoms with Gasteiger partial charge in [0, 0.05) is 36.4 Å². The Morgan fingerprint density at radius 1 is 1.12 bits per heavy atom. The van der Waals surface area contributed by atoms with E-state index >= 15 is 0 Å². The molecular formula is C37H48N6O8. The molecule has 0 bridgehead atoms. The van der Waals surface area contributed by atoms with Crippen LogP contribution in [0.3, 0.4) is 0 Å². The van der Waals surface area contributed by atoms with E-state index in [0.717, 1.165) is 19.1 Å². The third-order valence-corrected chi connectivity index (χ3v) is 10.7. The number of nitrogens with zero attached hydrogens (tertiary/aromatic N) is 2. The van der Waals surface area contributed by atoms with Crippen molar-refractivity contribution in [2.24, 2.45) is 23.2 Å². The van der Waals surface area contributed by atoms with Gasteiger partial charge in [-0.15, -0.1) is 0 Å². The Balaban J connectivity index is 1.28. The lowest BCUT2D eigenvalue weighted by Gasteiger charge is -2.35. The molecule has 51 heavy (non-hydrogen) atoms. The van der Waals surface area contributed by atoms with Crippen LogP contribution in [0.15, 0.2) is 36.5 Å². The number of pyridine rings is 1. The van der Waals surface area contributed by atoms with Crippen molar-refractivity contribution in [3.63, 3.8) is 0 Å². The number of anilines is 1. The van der Waals surface area contributed by atoms with E-state index in [4.69, 9.17) is 19.6 Å². The van der Waals surface area contributed by atoms with Crippen LogP contribution in [-0.4, -0.2) is 88.6 Å². The summed E-state index contributed by atoms with van der Waals surface area (Å²) in [6, 6.07) is 4.93. The molecule has 4 fully saturated rings. The minimum atomic E-state index is -1.39. The maximum Gasteiger partial charge on any atom is 0.408 e. The number of alkyl carbamates (subject to hydrolysis) is 1. The first kappa shape index (κ1) is 35.9. The van der Waals surface area contributed by atoms with Crippen molar-refractivity contribution in [1.82, 2.24) is 20.5 Å². The smallest absolute Gasteiger partial charge is 0.408 e. The number of ether oxygens (including phenoxy) is 3. The van der Waals surface area contributed by atoms with Gasteiger partial charge in [0.2, 0.25) is 11.8 Å². The molecule has 1 aliphatic heterocycles. The standard InChI is InChI=1S/C37H48N6O8/c1-6-22-18-37(22,34(46)47)42-32(44)28-16-25(50-29-17-30(39-11-7-10-38)40-27-15-23(49-5)8-9-26(27)29)19-43(28)33(45)31(36(2,3)4)41-35(48)51-24-13-20-12-21(20)14-24/h7-11,15,17,20-22,24-25,28,31,38H,6,12-14,16,18-19H2,1-5H3,(H,39,40)(H,41,48)(H,42,44)(H,46,47)/b11-7-,38-10?/t20-,21+,22?,24+,25-,28+,31-,37-/m1/s1. The van der Waals surface area contributed by atoms with E-state index in [-0.39, 0.29) is 25.0 Å². The lowest BCUT2D eigenvalue weighted by molar-refractivity contribution is -0.146. The Hall–Kier alpha value is -4.88. The second-order valence-corrected chi connectivity index (χ2v) is 15.3. The molecule has 4 aliphatic rings. The maximum absolute atomic E-state index is 14.5. The summed E-state index contributed by atoms with van der Waals surface area (Å²) in [5.74, 6) is 0.278. The highest BCUT2D eigenvalue weighted by Gasteiger charge is 2.61. The van der Waals surface area contributed by atoms with Gasteiger partial charge < -0.3 is 45.6 Å². The fourth-order valence-corrected chi connectivity index (χ4v) is 7.68. The Morgan fingerprint density at radius 2 is 1.86 bits per heavy atom. The number of methoxy groups -OCH3 is 1. The Labute approximate surface area is 297 Å². The van der Waals surface area contributed by atoms with Crippen LogP contribution in [0, 0.1) is 28.6 Å². The number of likely N-dealkylation sites (tertiary alicyclic amines) is 1. The van der Waals surface area contributed by atoms with E-state index in [1.165, 1.54) is 17.4 Å². The van der Waals surface area contributed by atoms with Gasteiger partial charge in [-0.05, 0) is 67.1 Å². The monoisotopic (exact) mass is 704 g/mol. The molecule has 8 atom stereocenters. The average Bonchev–Trinajstić information content (AvgIpc) is 3.89. The van der Waals surface area contributed by atoms with E-state index < -0.39 is 53.0 Å². The minimum absolute atomic E-state index is 0.0000705. The number of hydrogen-bond acceptors (Lipinski definition) is 10. The molecule has 2 heterocycles. The highest BCUT2D eigenvalue weighted by molar-refractivity contribution is 5.96. The summed E-state index contributed by atoms with van der Waals surface area (Å²) >= 11 is 0. The van der Waals surface area contributed by atoms with Crippen LogP contribution in [0.5, 0.6) is 11.5 Å². The zero-order valence-corrected chi connectivity index (χ0v) is 29.7. The second-order valence-electron chi connectivity index (χ2n) is 15.3. The largest absolute Gasteiger partial charge is 0.497 e. The summed E-state index contributed by atoms with van der Waals surface area (Å²) in [5, 5.41) is 26.6. The number of allylic oxidation sites excluding steroid dienone is 1. The summed E-state index contributed by atoms with van der Waals surface area (Å²) in [7, 11) is 1.55. The Bertz CT molecular complexity index is 1730. The summed E-state index contributed by atoms with van der Waals surface area (Å²) in [6.07, 6.45) is 6.45. The SMILES string of the molecule is CCC1C[C@]1(NC(=O)[C@@H]1C[C@@H](Oc2cc(N/C=C\C=N)nc3cc(OC)ccc23)CN1C(=O)[C@@H](NC(=O)O[C@@H]1C[C@@H]2C[C@@H]2C1)C(C)(C)C)C(=O)O. The molecule has 0 spiro atoms. The number of aliphatic carboxylic acids is 1. The third kappa shape index (κ3) is 7.59. The molecular weight excluding hydrogens is 656 g/mol. The van der Waals surface area contributed by atoms with Crippen LogP contribution in [0.2, 0.25) is 0 Å². The van der Waals surface area contributed by atoms with Crippen LogP contribution in [0.25, 0.3) is 10.9 Å². The number of benzene rings is 1.